The van der Waals surface area contributed by atoms with Crippen LogP contribution in [0, 0.1) is 0 Å². The second-order valence-electron chi connectivity index (χ2n) is 6.61. The summed E-state index contributed by atoms with van der Waals surface area (Å²) >= 11 is 0. The lowest BCUT2D eigenvalue weighted by atomic mass is 10.1. The highest BCUT2D eigenvalue weighted by Crippen LogP contribution is 2.11. The topological polar surface area (TPSA) is 6.48 Å². The number of hydrogen-bond acceptors (Lipinski definition) is 2. The lowest BCUT2D eigenvalue weighted by Crippen LogP contribution is -2.21. The van der Waals surface area contributed by atoms with Gasteiger partial charge in [0.25, 0.3) is 0 Å². The molecule has 0 saturated heterocycles. The third-order valence-corrected chi connectivity index (χ3v) is 4.44. The van der Waals surface area contributed by atoms with E-state index in [0.717, 1.165) is 0 Å². The molecule has 2 nitrogen and oxygen atoms in total. The lowest BCUT2D eigenvalue weighted by Gasteiger charge is -2.25. The highest BCUT2D eigenvalue weighted by molar-refractivity contribution is 5.00. The third-order valence-electron chi connectivity index (χ3n) is 4.44. The molecule has 0 fully saturated rings. The first-order valence-corrected chi connectivity index (χ1v) is 9.75. The fourth-order valence-electron chi connectivity index (χ4n) is 2.89. The predicted molar refractivity (Wildman–Crippen MR) is 98.4 cm³/mol. The van der Waals surface area contributed by atoms with Crippen LogP contribution in [-0.4, -0.2) is 22.9 Å². The van der Waals surface area contributed by atoms with E-state index in [4.69, 9.17) is 0 Å². The molecule has 1 aliphatic heterocycles. The Labute approximate surface area is 139 Å². The lowest BCUT2D eigenvalue weighted by molar-refractivity contribution is 0.398. The SMILES string of the molecule is CCCCCCCCN1C=CN(CCCCCCCC)C=C1. The van der Waals surface area contributed by atoms with Crippen LogP contribution in [0.4, 0.5) is 0 Å². The molecule has 0 aromatic carbocycles. The van der Waals surface area contributed by atoms with Crippen molar-refractivity contribution in [1.82, 2.24) is 9.80 Å². The van der Waals surface area contributed by atoms with Crippen LogP contribution in [0.25, 0.3) is 0 Å². The minimum atomic E-state index is 1.17. The minimum absolute atomic E-state index is 1.17. The van der Waals surface area contributed by atoms with E-state index in [-0.39, 0.29) is 0 Å². The number of unbranched alkanes of at least 4 members (excludes halogenated alkanes) is 10. The molecular weight excluding hydrogens is 268 g/mol. The number of rotatable bonds is 14. The molecule has 0 aromatic heterocycles. The molecule has 0 aromatic rings. The van der Waals surface area contributed by atoms with Gasteiger partial charge < -0.3 is 9.80 Å². The van der Waals surface area contributed by atoms with Crippen molar-refractivity contribution in [1.29, 1.82) is 0 Å². The summed E-state index contributed by atoms with van der Waals surface area (Å²) in [5, 5.41) is 0. The molecule has 0 atom stereocenters. The van der Waals surface area contributed by atoms with Crippen LogP contribution in [-0.2, 0) is 0 Å². The monoisotopic (exact) mass is 306 g/mol. The van der Waals surface area contributed by atoms with Crippen molar-refractivity contribution < 1.29 is 0 Å². The Kier molecular flexibility index (Phi) is 11.9. The van der Waals surface area contributed by atoms with Crippen LogP contribution in [0.15, 0.2) is 24.8 Å². The average molecular weight is 307 g/mol. The fourth-order valence-corrected chi connectivity index (χ4v) is 2.89. The summed E-state index contributed by atoms with van der Waals surface area (Å²) in [5.74, 6) is 0. The Morgan fingerprint density at radius 3 is 1.14 bits per heavy atom. The van der Waals surface area contributed by atoms with E-state index < -0.39 is 0 Å². The summed E-state index contributed by atoms with van der Waals surface area (Å²) in [6.45, 7) is 6.90. The third kappa shape index (κ3) is 9.92. The van der Waals surface area contributed by atoms with E-state index in [1.807, 2.05) is 0 Å². The van der Waals surface area contributed by atoms with Gasteiger partial charge in [-0.05, 0) is 12.8 Å². The first-order chi connectivity index (χ1) is 10.9. The van der Waals surface area contributed by atoms with Crippen molar-refractivity contribution in [2.45, 2.75) is 90.9 Å². The smallest absolute Gasteiger partial charge is 0.0220 e. The van der Waals surface area contributed by atoms with Crippen molar-refractivity contribution in [3.05, 3.63) is 24.8 Å². The van der Waals surface area contributed by atoms with Crippen LogP contribution < -0.4 is 0 Å². The Morgan fingerprint density at radius 1 is 0.455 bits per heavy atom. The van der Waals surface area contributed by atoms with Crippen LogP contribution >= 0.6 is 0 Å². The molecule has 1 heterocycles. The van der Waals surface area contributed by atoms with Crippen molar-refractivity contribution >= 4 is 0 Å². The molecule has 0 unspecified atom stereocenters. The molecule has 0 saturated carbocycles. The van der Waals surface area contributed by atoms with Crippen LogP contribution in [0.5, 0.6) is 0 Å². The summed E-state index contributed by atoms with van der Waals surface area (Å²) in [5.41, 5.74) is 0. The molecule has 2 heteroatoms. The maximum Gasteiger partial charge on any atom is 0.0220 e. The summed E-state index contributed by atoms with van der Waals surface area (Å²) in [7, 11) is 0. The molecule has 1 rings (SSSR count). The highest BCUT2D eigenvalue weighted by atomic mass is 15.2. The second-order valence-corrected chi connectivity index (χ2v) is 6.61. The molecule has 1 aliphatic rings. The molecule has 22 heavy (non-hydrogen) atoms. The van der Waals surface area contributed by atoms with Gasteiger partial charge in [-0.25, -0.2) is 0 Å². The zero-order valence-electron chi connectivity index (χ0n) is 15.1. The van der Waals surface area contributed by atoms with Crippen LogP contribution in [0.1, 0.15) is 90.9 Å². The van der Waals surface area contributed by atoms with Gasteiger partial charge in [0, 0.05) is 37.9 Å². The van der Waals surface area contributed by atoms with Gasteiger partial charge in [-0.3, -0.25) is 0 Å². The molecule has 0 aliphatic carbocycles. The maximum absolute atomic E-state index is 2.33. The fraction of sp³-hybridized carbons (Fsp3) is 0.800. The molecule has 0 spiro atoms. The molecular formula is C20H38N2. The van der Waals surface area contributed by atoms with E-state index in [1.54, 1.807) is 0 Å². The summed E-state index contributed by atoms with van der Waals surface area (Å²) in [4.78, 5) is 4.66. The zero-order chi connectivity index (χ0) is 15.9. The first-order valence-electron chi connectivity index (χ1n) is 9.75. The van der Waals surface area contributed by atoms with Gasteiger partial charge in [0.15, 0.2) is 0 Å². The van der Waals surface area contributed by atoms with Crippen molar-refractivity contribution in [2.24, 2.45) is 0 Å². The van der Waals surface area contributed by atoms with Gasteiger partial charge in [-0.15, -0.1) is 0 Å². The minimum Gasteiger partial charge on any atom is -0.351 e. The normalized spacial score (nSPS) is 14.1. The first kappa shape index (κ1) is 19.1. The quantitative estimate of drug-likeness (QED) is 0.349. The van der Waals surface area contributed by atoms with Crippen molar-refractivity contribution in [2.75, 3.05) is 13.1 Å². The summed E-state index contributed by atoms with van der Waals surface area (Å²) in [6.07, 6.45) is 25.4. The molecule has 0 amide bonds. The maximum atomic E-state index is 2.33. The van der Waals surface area contributed by atoms with E-state index in [1.165, 1.54) is 90.1 Å². The molecule has 128 valence electrons. The van der Waals surface area contributed by atoms with Crippen molar-refractivity contribution in [3.8, 4) is 0 Å². The molecule has 0 bridgehead atoms. The predicted octanol–water partition coefficient (Wildman–Crippen LogP) is 6.27. The Morgan fingerprint density at radius 2 is 0.773 bits per heavy atom. The van der Waals surface area contributed by atoms with Gasteiger partial charge >= 0.3 is 0 Å². The van der Waals surface area contributed by atoms with Crippen LogP contribution in [0.3, 0.4) is 0 Å². The Bertz CT molecular complexity index is 254. The standard InChI is InChI=1S/C20H38N2/c1-3-5-7-9-11-13-15-21-17-19-22(20-18-21)16-14-12-10-8-6-4-2/h17-20H,3-16H2,1-2H3. The van der Waals surface area contributed by atoms with Gasteiger partial charge in [0.05, 0.1) is 0 Å². The van der Waals surface area contributed by atoms with Gasteiger partial charge in [0.1, 0.15) is 0 Å². The van der Waals surface area contributed by atoms with E-state index in [2.05, 4.69) is 48.4 Å². The van der Waals surface area contributed by atoms with E-state index in [0.29, 0.717) is 0 Å². The second kappa shape index (κ2) is 13.7. The Hall–Kier alpha value is -0.920. The Balaban J connectivity index is 1.97. The largest absolute Gasteiger partial charge is 0.351 e. The van der Waals surface area contributed by atoms with Gasteiger partial charge in [0.2, 0.25) is 0 Å². The van der Waals surface area contributed by atoms with E-state index in [9.17, 15) is 0 Å². The molecule has 0 radical (unpaired) electrons. The summed E-state index contributed by atoms with van der Waals surface area (Å²) < 4.78 is 0. The molecule has 0 N–H and O–H groups in total. The highest BCUT2D eigenvalue weighted by Gasteiger charge is 2.03. The zero-order valence-corrected chi connectivity index (χ0v) is 15.1. The van der Waals surface area contributed by atoms with Crippen LogP contribution in [0.2, 0.25) is 0 Å². The van der Waals surface area contributed by atoms with Gasteiger partial charge in [-0.2, -0.15) is 0 Å². The van der Waals surface area contributed by atoms with Gasteiger partial charge in [-0.1, -0.05) is 78.1 Å². The summed E-state index contributed by atoms with van der Waals surface area (Å²) in [6, 6.07) is 0. The number of nitrogens with zero attached hydrogens (tertiary/aromatic N) is 2. The number of hydrogen-bond donors (Lipinski definition) is 0. The van der Waals surface area contributed by atoms with Crippen molar-refractivity contribution in [3.63, 3.8) is 0 Å². The van der Waals surface area contributed by atoms with E-state index >= 15 is 0 Å². The average Bonchev–Trinajstić information content (AvgIpc) is 2.55.